The van der Waals surface area contributed by atoms with Gasteiger partial charge in [-0.3, -0.25) is 0 Å². The van der Waals surface area contributed by atoms with Crippen LogP contribution >= 0.6 is 8.86 Å². The molecule has 216 valence electrons. The summed E-state index contributed by atoms with van der Waals surface area (Å²) in [7, 11) is 3.47. The average molecular weight is 531 g/mol. The first-order chi connectivity index (χ1) is 17.2. The van der Waals surface area contributed by atoms with E-state index >= 15 is 0 Å². The molecule has 1 rings (SSSR count). The second-order valence-electron chi connectivity index (χ2n) is 10.6. The van der Waals surface area contributed by atoms with Crippen molar-refractivity contribution in [3.63, 3.8) is 0 Å². The fourth-order valence-electron chi connectivity index (χ4n) is 1.86. The number of hydrogen-bond donors (Lipinski definition) is 0. The minimum absolute atomic E-state index is 0.250. The largest absolute Gasteiger partial charge is 0.123 e. The molecule has 0 N–H and O–H groups in total. The molecule has 0 unspecified atom stereocenters. The Morgan fingerprint density at radius 2 is 1.22 bits per heavy atom. The Morgan fingerprint density at radius 1 is 0.865 bits per heavy atom. The van der Waals surface area contributed by atoms with Crippen LogP contribution in [0.15, 0.2) is 67.3 Å². The highest BCUT2D eigenvalue weighted by Gasteiger charge is 2.12. The highest BCUT2D eigenvalue weighted by atomic mass is 31.0. The molecular weight excluding hydrogens is 463 g/mol. The Morgan fingerprint density at radius 3 is 1.43 bits per heavy atom. The average Bonchev–Trinajstić information content (AvgIpc) is 2.84. The highest BCUT2D eigenvalue weighted by Crippen LogP contribution is 2.22. The van der Waals surface area contributed by atoms with Gasteiger partial charge in [0.25, 0.3) is 0 Å². The Hall–Kier alpha value is -1.65. The first kappa shape index (κ1) is 45.3. The lowest BCUT2D eigenvalue weighted by atomic mass is 9.87. The molecule has 1 aromatic carbocycles. The Labute approximate surface area is 238 Å². The summed E-state index contributed by atoms with van der Waals surface area (Å²) >= 11 is 0. The van der Waals surface area contributed by atoms with E-state index in [9.17, 15) is 0 Å². The zero-order chi connectivity index (χ0) is 30.4. The van der Waals surface area contributed by atoms with Crippen molar-refractivity contribution in [3.8, 4) is 0 Å². The molecular formula is C36H67P. The summed E-state index contributed by atoms with van der Waals surface area (Å²) in [6.07, 6.45) is 13.5. The van der Waals surface area contributed by atoms with Gasteiger partial charge in [-0.05, 0) is 67.8 Å². The van der Waals surface area contributed by atoms with Gasteiger partial charge in [0.15, 0.2) is 0 Å². The lowest BCUT2D eigenvalue weighted by Gasteiger charge is -2.18. The molecule has 0 aliphatic carbocycles. The predicted molar refractivity (Wildman–Crippen MR) is 185 cm³/mol. The van der Waals surface area contributed by atoms with E-state index in [1.165, 1.54) is 34.8 Å². The molecule has 0 aliphatic rings. The summed E-state index contributed by atoms with van der Waals surface area (Å²) in [6.45, 7) is 39.1. The van der Waals surface area contributed by atoms with Crippen molar-refractivity contribution in [2.24, 2.45) is 11.8 Å². The van der Waals surface area contributed by atoms with Crippen LogP contribution in [0.5, 0.6) is 0 Å². The maximum Gasteiger partial charge on any atom is -0.00700 e. The maximum atomic E-state index is 3.72. The van der Waals surface area contributed by atoms with Crippen LogP contribution < -0.4 is 0 Å². The molecule has 37 heavy (non-hydrogen) atoms. The number of benzene rings is 1. The van der Waals surface area contributed by atoms with Gasteiger partial charge in [-0.15, -0.1) is 15.4 Å². The van der Waals surface area contributed by atoms with Gasteiger partial charge in [-0.2, -0.15) is 0 Å². The first-order valence-corrected chi connectivity index (χ1v) is 14.8. The minimum atomic E-state index is 0.250. The summed E-state index contributed by atoms with van der Waals surface area (Å²) in [5.74, 6) is 1.77. The molecule has 0 spiro atoms. The second kappa shape index (κ2) is 32.4. The molecule has 0 fully saturated rings. The number of rotatable bonds is 6. The van der Waals surface area contributed by atoms with Crippen LogP contribution in [0.3, 0.4) is 0 Å². The van der Waals surface area contributed by atoms with Crippen LogP contribution in [0, 0.1) is 11.8 Å². The van der Waals surface area contributed by atoms with E-state index in [2.05, 4.69) is 135 Å². The first-order valence-electron chi connectivity index (χ1n) is 14.3. The summed E-state index contributed by atoms with van der Waals surface area (Å²) in [5.41, 5.74) is 4.18. The molecule has 0 heterocycles. The van der Waals surface area contributed by atoms with E-state index in [0.717, 1.165) is 18.3 Å². The molecule has 0 aliphatic heterocycles. The molecule has 0 saturated carbocycles. The Kier molecular flexibility index (Phi) is 39.6. The maximum absolute atomic E-state index is 3.72. The van der Waals surface area contributed by atoms with Gasteiger partial charge in [-0.1, -0.05) is 156 Å². The van der Waals surface area contributed by atoms with Crippen molar-refractivity contribution < 1.29 is 0 Å². The van der Waals surface area contributed by atoms with Crippen molar-refractivity contribution in [2.75, 3.05) is 0 Å². The number of hydrogen-bond acceptors (Lipinski definition) is 0. The van der Waals surface area contributed by atoms with Crippen LogP contribution in [-0.4, -0.2) is 5.29 Å². The molecule has 0 bridgehead atoms. The van der Waals surface area contributed by atoms with Gasteiger partial charge in [-0.25, -0.2) is 0 Å². The van der Waals surface area contributed by atoms with Crippen molar-refractivity contribution in [1.29, 1.82) is 0 Å². The van der Waals surface area contributed by atoms with E-state index in [4.69, 9.17) is 0 Å². The molecule has 0 amide bonds. The topological polar surface area (TPSA) is 0 Å². The van der Waals surface area contributed by atoms with E-state index in [0.29, 0.717) is 0 Å². The predicted octanol–water partition coefficient (Wildman–Crippen LogP) is 13.2. The van der Waals surface area contributed by atoms with Crippen molar-refractivity contribution in [3.05, 3.63) is 78.4 Å². The summed E-state index contributed by atoms with van der Waals surface area (Å²) in [4.78, 5) is 0. The quantitative estimate of drug-likeness (QED) is 0.195. The Bertz CT molecular complexity index is 668. The van der Waals surface area contributed by atoms with Crippen molar-refractivity contribution in [2.45, 2.75) is 129 Å². The van der Waals surface area contributed by atoms with E-state index in [1.54, 1.807) is 6.08 Å². The van der Waals surface area contributed by atoms with Gasteiger partial charge < -0.3 is 0 Å². The third-order valence-corrected chi connectivity index (χ3v) is 4.94. The van der Waals surface area contributed by atoms with Gasteiger partial charge in [0, 0.05) is 0 Å². The molecule has 0 saturated heterocycles. The SMILES string of the molecule is C/C=C\C=C(/C)CC(C)=P.C=CC.C=Cc1ccc(C(C)(C)C)cc1.CC.CCC(C)C.CCC(C)C. The summed E-state index contributed by atoms with van der Waals surface area (Å²) in [6, 6.07) is 8.54. The lowest BCUT2D eigenvalue weighted by molar-refractivity contribution is 0.590. The van der Waals surface area contributed by atoms with Crippen molar-refractivity contribution in [1.82, 2.24) is 0 Å². The standard InChI is InChI=1S/C12H16.C9H15P.2C5H12.C3H6.C2H6/c1-5-10-6-8-11(9-7-10)12(2,3)4;1-4-5-6-8(2)7-9(3)10;2*1-4-5(2)3;1-3-2;1-2/h5-9H,1H2,2-4H3;4-6,10H,7H2,1-3H3;2*5H,4H2,1-3H3;3H,1H2,2H3;1-2H3/b;5-4-,8-6+;;;;. The lowest BCUT2D eigenvalue weighted by Crippen LogP contribution is -2.10. The molecule has 0 nitrogen and oxygen atoms in total. The van der Waals surface area contributed by atoms with Crippen LogP contribution in [0.1, 0.15) is 134 Å². The van der Waals surface area contributed by atoms with Gasteiger partial charge in [0.05, 0.1) is 0 Å². The summed E-state index contributed by atoms with van der Waals surface area (Å²) in [5, 5.41) is 1.28. The third kappa shape index (κ3) is 44.7. The molecule has 0 radical (unpaired) electrons. The van der Waals surface area contributed by atoms with Gasteiger partial charge in [0.1, 0.15) is 0 Å². The van der Waals surface area contributed by atoms with Crippen LogP contribution in [0.4, 0.5) is 0 Å². The van der Waals surface area contributed by atoms with Gasteiger partial charge in [0.2, 0.25) is 0 Å². The summed E-state index contributed by atoms with van der Waals surface area (Å²) < 4.78 is 0. The highest BCUT2D eigenvalue weighted by molar-refractivity contribution is 7.20. The van der Waals surface area contributed by atoms with Crippen molar-refractivity contribution >= 4 is 20.2 Å². The van der Waals surface area contributed by atoms with Crippen LogP contribution in [0.25, 0.3) is 6.08 Å². The van der Waals surface area contributed by atoms with Crippen LogP contribution in [-0.2, 0) is 5.41 Å². The van der Waals surface area contributed by atoms with E-state index in [1.807, 2.05) is 39.8 Å². The normalized spacial score (nSPS) is 10.1. The fourth-order valence-corrected chi connectivity index (χ4v) is 2.14. The smallest absolute Gasteiger partial charge is 0.00700 e. The molecule has 1 heteroatoms. The minimum Gasteiger partial charge on any atom is -0.123 e. The van der Waals surface area contributed by atoms with Crippen LogP contribution in [0.2, 0.25) is 0 Å². The van der Waals surface area contributed by atoms with E-state index < -0.39 is 0 Å². The molecule has 1 aromatic rings. The zero-order valence-electron chi connectivity index (χ0n) is 27.9. The second-order valence-corrected chi connectivity index (χ2v) is 11.4. The molecule has 0 aromatic heterocycles. The fraction of sp³-hybridized carbons (Fsp3) is 0.583. The van der Waals surface area contributed by atoms with E-state index in [-0.39, 0.29) is 5.41 Å². The number of allylic oxidation sites excluding steroid dienone is 5. The monoisotopic (exact) mass is 530 g/mol. The third-order valence-electron chi connectivity index (χ3n) is 4.76. The van der Waals surface area contributed by atoms with Gasteiger partial charge >= 0.3 is 0 Å². The zero-order valence-corrected chi connectivity index (χ0v) is 28.9. The Balaban J connectivity index is -0.000000123. The molecule has 0 atom stereocenters.